The zero-order chi connectivity index (χ0) is 17.5. The molecule has 2 amide bonds. The highest BCUT2D eigenvalue weighted by molar-refractivity contribution is 8.00. The summed E-state index contributed by atoms with van der Waals surface area (Å²) in [6.45, 7) is 0. The van der Waals surface area contributed by atoms with Crippen molar-refractivity contribution in [2.75, 3.05) is 25.2 Å². The maximum atomic E-state index is 12.5. The van der Waals surface area contributed by atoms with E-state index in [-0.39, 0.29) is 17.6 Å². The van der Waals surface area contributed by atoms with E-state index in [1.807, 2.05) is 18.2 Å². The first-order chi connectivity index (χ1) is 11.5. The zero-order valence-corrected chi connectivity index (χ0v) is 14.3. The van der Waals surface area contributed by atoms with E-state index < -0.39 is 0 Å². The molecular weight excluding hydrogens is 322 g/mol. The Balaban J connectivity index is 2.14. The average molecular weight is 339 g/mol. The number of rotatable bonds is 5. The maximum absolute atomic E-state index is 12.5. The van der Waals surface area contributed by atoms with Gasteiger partial charge in [0.2, 0.25) is 5.91 Å². The lowest BCUT2D eigenvalue weighted by atomic mass is 10.2. The molecule has 0 saturated heterocycles. The van der Waals surface area contributed by atoms with Crippen LogP contribution in [-0.2, 0) is 4.79 Å². The van der Waals surface area contributed by atoms with Gasteiger partial charge in [0, 0.05) is 24.7 Å². The minimum absolute atomic E-state index is 0.0167. The standard InChI is InChI=1S/C18H17N3O2S/c1-21(2)17(22)12-24-16-9-4-3-8-15(16)18(23)20-14-7-5-6-13(10-14)11-19/h3-10H,12H2,1-2H3,(H,20,23). The largest absolute Gasteiger partial charge is 0.348 e. The number of nitrogens with zero attached hydrogens (tertiary/aromatic N) is 2. The fourth-order valence-electron chi connectivity index (χ4n) is 1.91. The van der Waals surface area contributed by atoms with Crippen molar-refractivity contribution in [3.63, 3.8) is 0 Å². The van der Waals surface area contributed by atoms with Gasteiger partial charge >= 0.3 is 0 Å². The van der Waals surface area contributed by atoms with Crippen molar-refractivity contribution in [3.05, 3.63) is 59.7 Å². The molecule has 0 radical (unpaired) electrons. The molecule has 2 aromatic carbocycles. The van der Waals surface area contributed by atoms with E-state index in [0.717, 1.165) is 4.90 Å². The Bertz CT molecular complexity index is 797. The molecule has 0 atom stereocenters. The lowest BCUT2D eigenvalue weighted by Crippen LogP contribution is -2.23. The SMILES string of the molecule is CN(C)C(=O)CSc1ccccc1C(=O)Nc1cccc(C#N)c1. The molecule has 1 N–H and O–H groups in total. The molecule has 0 aliphatic heterocycles. The minimum Gasteiger partial charge on any atom is -0.348 e. The molecule has 5 nitrogen and oxygen atoms in total. The van der Waals surface area contributed by atoms with Gasteiger partial charge in [0.25, 0.3) is 5.91 Å². The smallest absolute Gasteiger partial charge is 0.256 e. The van der Waals surface area contributed by atoms with Crippen molar-refractivity contribution < 1.29 is 9.59 Å². The molecule has 0 aromatic heterocycles. The topological polar surface area (TPSA) is 73.2 Å². The summed E-state index contributed by atoms with van der Waals surface area (Å²) in [7, 11) is 3.40. The van der Waals surface area contributed by atoms with Crippen molar-refractivity contribution in [1.82, 2.24) is 4.90 Å². The Hall–Kier alpha value is -2.78. The molecule has 0 fully saturated rings. The predicted molar refractivity (Wildman–Crippen MR) is 95.0 cm³/mol. The second-order valence-electron chi connectivity index (χ2n) is 5.22. The van der Waals surface area contributed by atoms with E-state index in [1.54, 1.807) is 50.5 Å². The first-order valence-corrected chi connectivity index (χ1v) is 8.23. The number of hydrogen-bond acceptors (Lipinski definition) is 4. The summed E-state index contributed by atoms with van der Waals surface area (Å²) in [4.78, 5) is 26.5. The molecule has 6 heteroatoms. The highest BCUT2D eigenvalue weighted by Gasteiger charge is 2.13. The summed E-state index contributed by atoms with van der Waals surface area (Å²) in [5, 5.41) is 11.7. The number of thioether (sulfide) groups is 1. The number of anilines is 1. The number of amides is 2. The van der Waals surface area contributed by atoms with Crippen LogP contribution in [-0.4, -0.2) is 36.6 Å². The van der Waals surface area contributed by atoms with Crippen molar-refractivity contribution in [2.24, 2.45) is 0 Å². The summed E-state index contributed by atoms with van der Waals surface area (Å²) in [6.07, 6.45) is 0. The highest BCUT2D eigenvalue weighted by atomic mass is 32.2. The van der Waals surface area contributed by atoms with Gasteiger partial charge < -0.3 is 10.2 Å². The van der Waals surface area contributed by atoms with Crippen molar-refractivity contribution in [3.8, 4) is 6.07 Å². The molecule has 0 unspecified atom stereocenters. The van der Waals surface area contributed by atoms with Gasteiger partial charge in [-0.2, -0.15) is 5.26 Å². The first kappa shape index (κ1) is 17.6. The van der Waals surface area contributed by atoms with Gasteiger partial charge in [0.15, 0.2) is 0 Å². The number of carbonyl (C=O) groups is 2. The van der Waals surface area contributed by atoms with Gasteiger partial charge in [-0.3, -0.25) is 9.59 Å². The molecule has 2 rings (SSSR count). The number of nitrogens with one attached hydrogen (secondary N) is 1. The van der Waals surface area contributed by atoms with Crippen molar-refractivity contribution in [2.45, 2.75) is 4.90 Å². The van der Waals surface area contributed by atoms with Crippen LogP contribution >= 0.6 is 11.8 Å². The predicted octanol–water partition coefficient (Wildman–Crippen LogP) is 2.99. The fraction of sp³-hybridized carbons (Fsp3) is 0.167. The Labute approximate surface area is 145 Å². The van der Waals surface area contributed by atoms with Gasteiger partial charge in [-0.15, -0.1) is 11.8 Å². The number of nitriles is 1. The maximum Gasteiger partial charge on any atom is 0.256 e. The monoisotopic (exact) mass is 339 g/mol. The van der Waals surface area contributed by atoms with E-state index in [9.17, 15) is 9.59 Å². The van der Waals surface area contributed by atoms with Gasteiger partial charge in [-0.25, -0.2) is 0 Å². The molecule has 0 bridgehead atoms. The first-order valence-electron chi connectivity index (χ1n) is 7.24. The average Bonchev–Trinajstić information content (AvgIpc) is 2.59. The Kier molecular flexibility index (Phi) is 5.99. The van der Waals surface area contributed by atoms with Crippen LogP contribution in [0.2, 0.25) is 0 Å². The second kappa shape index (κ2) is 8.18. The molecule has 24 heavy (non-hydrogen) atoms. The van der Waals surface area contributed by atoms with Crippen LogP contribution in [0.5, 0.6) is 0 Å². The van der Waals surface area contributed by atoms with Crippen LogP contribution in [0.15, 0.2) is 53.4 Å². The van der Waals surface area contributed by atoms with Crippen LogP contribution in [0.3, 0.4) is 0 Å². The van der Waals surface area contributed by atoms with Gasteiger partial charge in [0.05, 0.1) is 22.9 Å². The van der Waals surface area contributed by atoms with Gasteiger partial charge in [-0.1, -0.05) is 18.2 Å². The molecule has 122 valence electrons. The van der Waals surface area contributed by atoms with Crippen LogP contribution < -0.4 is 5.32 Å². The van der Waals surface area contributed by atoms with Crippen LogP contribution in [0, 0.1) is 11.3 Å². The van der Waals surface area contributed by atoms with E-state index in [2.05, 4.69) is 5.32 Å². The van der Waals surface area contributed by atoms with Crippen LogP contribution in [0.1, 0.15) is 15.9 Å². The molecule has 0 saturated carbocycles. The number of hydrogen-bond donors (Lipinski definition) is 1. The molecular formula is C18H17N3O2S. The van der Waals surface area contributed by atoms with E-state index in [0.29, 0.717) is 16.8 Å². The summed E-state index contributed by atoms with van der Waals surface area (Å²) in [6, 6.07) is 15.9. The van der Waals surface area contributed by atoms with E-state index in [4.69, 9.17) is 5.26 Å². The van der Waals surface area contributed by atoms with Gasteiger partial charge in [0.1, 0.15) is 0 Å². The Morgan fingerprint density at radius 3 is 2.62 bits per heavy atom. The fourth-order valence-corrected chi connectivity index (χ4v) is 2.94. The van der Waals surface area contributed by atoms with E-state index >= 15 is 0 Å². The third-order valence-corrected chi connectivity index (χ3v) is 4.29. The highest BCUT2D eigenvalue weighted by Crippen LogP contribution is 2.24. The summed E-state index contributed by atoms with van der Waals surface area (Å²) in [5.41, 5.74) is 1.53. The molecule has 0 aliphatic rings. The lowest BCUT2D eigenvalue weighted by Gasteiger charge is -2.12. The number of benzene rings is 2. The molecule has 0 heterocycles. The molecule has 2 aromatic rings. The third kappa shape index (κ3) is 4.61. The van der Waals surface area contributed by atoms with Crippen molar-refractivity contribution in [1.29, 1.82) is 5.26 Å². The Morgan fingerprint density at radius 1 is 1.17 bits per heavy atom. The van der Waals surface area contributed by atoms with Crippen molar-refractivity contribution >= 4 is 29.3 Å². The minimum atomic E-state index is -0.273. The Morgan fingerprint density at radius 2 is 1.92 bits per heavy atom. The quantitative estimate of drug-likeness (QED) is 0.850. The summed E-state index contributed by atoms with van der Waals surface area (Å²) in [5.74, 6) is -0.0243. The normalized spacial score (nSPS) is 9.88. The lowest BCUT2D eigenvalue weighted by molar-refractivity contribution is -0.125. The summed E-state index contributed by atoms with van der Waals surface area (Å²) >= 11 is 1.33. The van der Waals surface area contributed by atoms with Crippen LogP contribution in [0.25, 0.3) is 0 Å². The summed E-state index contributed by atoms with van der Waals surface area (Å²) < 4.78 is 0. The van der Waals surface area contributed by atoms with E-state index in [1.165, 1.54) is 16.7 Å². The third-order valence-electron chi connectivity index (χ3n) is 3.23. The van der Waals surface area contributed by atoms with Crippen LogP contribution in [0.4, 0.5) is 5.69 Å². The number of carbonyl (C=O) groups excluding carboxylic acids is 2. The molecule has 0 aliphatic carbocycles. The zero-order valence-electron chi connectivity index (χ0n) is 13.4. The molecule has 0 spiro atoms. The van der Waals surface area contributed by atoms with Gasteiger partial charge in [-0.05, 0) is 30.3 Å². The second-order valence-corrected chi connectivity index (χ2v) is 6.24.